The molecule has 27 heavy (non-hydrogen) atoms. The van der Waals surface area contributed by atoms with Gasteiger partial charge in [0.05, 0.1) is 5.60 Å². The number of allylic oxidation sites excluding steroid dienone is 1. The average Bonchev–Trinajstić information content (AvgIpc) is 3.01. The molecule has 0 aliphatic heterocycles. The van der Waals surface area contributed by atoms with Gasteiger partial charge in [0.15, 0.2) is 0 Å². The fourth-order valence-corrected chi connectivity index (χ4v) is 7.87. The number of fused-ring (bicyclic) bond motifs is 5. The van der Waals surface area contributed by atoms with Crippen LogP contribution in [-0.4, -0.2) is 22.8 Å². The molecule has 4 aliphatic carbocycles. The SMILES string of the molecule is CCC(=O)OC1C=C2CC[C@@H]3[C@H](CCC4(CC)[C@H]3CC[C@@]4(O)CC)[C@H]2CC1. The number of aliphatic hydroxyl groups is 1. The normalized spacial score (nSPS) is 46.1. The summed E-state index contributed by atoms with van der Waals surface area (Å²) >= 11 is 0. The molecule has 0 bridgehead atoms. The number of carbonyl (C=O) groups is 1. The first-order valence-electron chi connectivity index (χ1n) is 11.6. The standard InChI is InChI=1S/C24H38O3/c1-4-22(25)27-17-8-10-18-16(15-17)7-9-20-19(18)11-13-23(5-2)21(20)12-14-24(23,26)6-3/h15,17-21,26H,4-14H2,1-3H3/t17?,18-,19+,20+,21-,23?,24-/m0/s1. The fourth-order valence-electron chi connectivity index (χ4n) is 7.87. The molecule has 0 amide bonds. The zero-order valence-corrected chi connectivity index (χ0v) is 17.5. The predicted molar refractivity (Wildman–Crippen MR) is 107 cm³/mol. The van der Waals surface area contributed by atoms with E-state index >= 15 is 0 Å². The lowest BCUT2D eigenvalue weighted by Gasteiger charge is -2.57. The summed E-state index contributed by atoms with van der Waals surface area (Å²) in [4.78, 5) is 11.7. The summed E-state index contributed by atoms with van der Waals surface area (Å²) in [6.45, 7) is 6.38. The molecule has 0 saturated heterocycles. The molecule has 152 valence electrons. The predicted octanol–water partition coefficient (Wildman–Crippen LogP) is 5.41. The number of hydrogen-bond acceptors (Lipinski definition) is 3. The molecule has 1 N–H and O–H groups in total. The number of hydrogen-bond donors (Lipinski definition) is 1. The van der Waals surface area contributed by atoms with E-state index in [0.29, 0.717) is 18.3 Å². The average molecular weight is 375 g/mol. The second-order valence-corrected chi connectivity index (χ2v) is 9.75. The molecule has 4 rings (SSSR count). The second-order valence-electron chi connectivity index (χ2n) is 9.75. The molecule has 0 spiro atoms. The van der Waals surface area contributed by atoms with Crippen LogP contribution in [-0.2, 0) is 9.53 Å². The van der Waals surface area contributed by atoms with Crippen LogP contribution < -0.4 is 0 Å². The van der Waals surface area contributed by atoms with Crippen molar-refractivity contribution in [2.75, 3.05) is 0 Å². The Morgan fingerprint density at radius 1 is 1.07 bits per heavy atom. The highest BCUT2D eigenvalue weighted by atomic mass is 16.5. The van der Waals surface area contributed by atoms with Gasteiger partial charge in [-0.2, -0.15) is 0 Å². The highest BCUT2D eigenvalue weighted by Gasteiger charge is 2.62. The van der Waals surface area contributed by atoms with E-state index in [4.69, 9.17) is 4.74 Å². The summed E-state index contributed by atoms with van der Waals surface area (Å²) in [5, 5.41) is 11.5. The molecule has 0 aromatic carbocycles. The highest BCUT2D eigenvalue weighted by Crippen LogP contribution is 2.66. The smallest absolute Gasteiger partial charge is 0.306 e. The molecular formula is C24H38O3. The lowest BCUT2D eigenvalue weighted by Crippen LogP contribution is -2.53. The van der Waals surface area contributed by atoms with Gasteiger partial charge in [-0.05, 0) is 94.0 Å². The quantitative estimate of drug-likeness (QED) is 0.528. The third kappa shape index (κ3) is 2.91. The molecule has 0 aromatic heterocycles. The van der Waals surface area contributed by atoms with Crippen molar-refractivity contribution in [3.63, 3.8) is 0 Å². The topological polar surface area (TPSA) is 46.5 Å². The molecule has 0 heterocycles. The van der Waals surface area contributed by atoms with Crippen molar-refractivity contribution < 1.29 is 14.6 Å². The Balaban J connectivity index is 1.54. The highest BCUT2D eigenvalue weighted by molar-refractivity contribution is 5.69. The van der Waals surface area contributed by atoms with Crippen molar-refractivity contribution in [1.82, 2.24) is 0 Å². The van der Waals surface area contributed by atoms with E-state index in [0.717, 1.165) is 37.5 Å². The maximum absolute atomic E-state index is 11.7. The number of carbonyl (C=O) groups excluding carboxylic acids is 1. The molecule has 3 saturated carbocycles. The Labute approximate surface area is 164 Å². The van der Waals surface area contributed by atoms with Crippen LogP contribution in [0.25, 0.3) is 0 Å². The van der Waals surface area contributed by atoms with E-state index in [-0.39, 0.29) is 17.5 Å². The minimum atomic E-state index is -0.431. The van der Waals surface area contributed by atoms with Crippen LogP contribution in [0.3, 0.4) is 0 Å². The Morgan fingerprint density at radius 2 is 1.89 bits per heavy atom. The summed E-state index contributed by atoms with van der Waals surface area (Å²) in [5.74, 6) is 2.92. The summed E-state index contributed by atoms with van der Waals surface area (Å²) in [6, 6.07) is 0. The minimum Gasteiger partial charge on any atom is -0.458 e. The van der Waals surface area contributed by atoms with Crippen LogP contribution in [0.2, 0.25) is 0 Å². The van der Waals surface area contributed by atoms with E-state index < -0.39 is 5.60 Å². The largest absolute Gasteiger partial charge is 0.458 e. The monoisotopic (exact) mass is 374 g/mol. The molecular weight excluding hydrogens is 336 g/mol. The van der Waals surface area contributed by atoms with Gasteiger partial charge in [0.1, 0.15) is 6.10 Å². The van der Waals surface area contributed by atoms with Crippen LogP contribution >= 0.6 is 0 Å². The fraction of sp³-hybridized carbons (Fsp3) is 0.875. The lowest BCUT2D eigenvalue weighted by atomic mass is 9.49. The van der Waals surface area contributed by atoms with Crippen LogP contribution in [0.15, 0.2) is 11.6 Å². The third-order valence-corrected chi connectivity index (χ3v) is 9.20. The molecule has 3 fully saturated rings. The summed E-state index contributed by atoms with van der Waals surface area (Å²) in [7, 11) is 0. The Morgan fingerprint density at radius 3 is 2.59 bits per heavy atom. The van der Waals surface area contributed by atoms with Gasteiger partial charge in [-0.15, -0.1) is 0 Å². The van der Waals surface area contributed by atoms with Gasteiger partial charge in [0.2, 0.25) is 0 Å². The summed E-state index contributed by atoms with van der Waals surface area (Å²) < 4.78 is 5.62. The first kappa shape index (κ1) is 19.5. The summed E-state index contributed by atoms with van der Waals surface area (Å²) in [5.41, 5.74) is 1.31. The number of ether oxygens (including phenoxy) is 1. The maximum atomic E-state index is 11.7. The van der Waals surface area contributed by atoms with Crippen LogP contribution in [0.4, 0.5) is 0 Å². The van der Waals surface area contributed by atoms with E-state index in [1.807, 2.05) is 6.92 Å². The van der Waals surface area contributed by atoms with E-state index in [9.17, 15) is 9.90 Å². The molecule has 4 aliphatic rings. The van der Waals surface area contributed by atoms with Crippen LogP contribution in [0.5, 0.6) is 0 Å². The first-order chi connectivity index (χ1) is 13.0. The zero-order valence-electron chi connectivity index (χ0n) is 17.5. The lowest BCUT2D eigenvalue weighted by molar-refractivity contribution is -0.147. The summed E-state index contributed by atoms with van der Waals surface area (Å²) in [6.07, 6.45) is 14.2. The van der Waals surface area contributed by atoms with Gasteiger partial charge in [0, 0.05) is 11.8 Å². The Hall–Kier alpha value is -0.830. The van der Waals surface area contributed by atoms with E-state index in [2.05, 4.69) is 19.9 Å². The Kier molecular flexibility index (Phi) is 5.20. The van der Waals surface area contributed by atoms with Crippen molar-refractivity contribution in [2.24, 2.45) is 29.1 Å². The third-order valence-electron chi connectivity index (χ3n) is 9.20. The van der Waals surface area contributed by atoms with Crippen molar-refractivity contribution in [1.29, 1.82) is 0 Å². The van der Waals surface area contributed by atoms with Gasteiger partial charge >= 0.3 is 5.97 Å². The van der Waals surface area contributed by atoms with Crippen molar-refractivity contribution in [3.8, 4) is 0 Å². The van der Waals surface area contributed by atoms with Gasteiger partial charge in [0.25, 0.3) is 0 Å². The molecule has 3 heteroatoms. The number of esters is 1. The molecule has 0 aromatic rings. The van der Waals surface area contributed by atoms with E-state index in [1.165, 1.54) is 38.5 Å². The van der Waals surface area contributed by atoms with Gasteiger partial charge < -0.3 is 9.84 Å². The second kappa shape index (κ2) is 7.21. The van der Waals surface area contributed by atoms with E-state index in [1.54, 1.807) is 5.57 Å². The van der Waals surface area contributed by atoms with Gasteiger partial charge in [-0.3, -0.25) is 4.79 Å². The van der Waals surface area contributed by atoms with Crippen molar-refractivity contribution in [2.45, 2.75) is 103 Å². The van der Waals surface area contributed by atoms with Crippen LogP contribution in [0.1, 0.15) is 91.4 Å². The van der Waals surface area contributed by atoms with Gasteiger partial charge in [-0.1, -0.05) is 26.3 Å². The van der Waals surface area contributed by atoms with Crippen molar-refractivity contribution >= 4 is 5.97 Å². The molecule has 3 nitrogen and oxygen atoms in total. The molecule has 7 atom stereocenters. The molecule has 2 unspecified atom stereocenters. The zero-order chi connectivity index (χ0) is 19.2. The van der Waals surface area contributed by atoms with Crippen LogP contribution in [0, 0.1) is 29.1 Å². The number of rotatable bonds is 4. The Bertz CT molecular complexity index is 611. The van der Waals surface area contributed by atoms with Gasteiger partial charge in [-0.25, -0.2) is 0 Å². The minimum absolute atomic E-state index is 0.00948. The first-order valence-corrected chi connectivity index (χ1v) is 11.6. The maximum Gasteiger partial charge on any atom is 0.306 e. The molecule has 0 radical (unpaired) electrons. The van der Waals surface area contributed by atoms with Crippen molar-refractivity contribution in [3.05, 3.63) is 11.6 Å².